The Balaban J connectivity index is 1.80. The zero-order valence-corrected chi connectivity index (χ0v) is 19.8. The van der Waals surface area contributed by atoms with Crippen LogP contribution in [-0.4, -0.2) is 56.0 Å². The SMILES string of the molecule is CCN(CC)CCNC(=O)c1cc(NC(=O)c2ccccc2Cl)ccc1N1CCCCC1. The van der Waals surface area contributed by atoms with E-state index in [0.29, 0.717) is 28.4 Å². The Bertz CT molecular complexity index is 924. The maximum absolute atomic E-state index is 13.1. The maximum Gasteiger partial charge on any atom is 0.257 e. The summed E-state index contributed by atoms with van der Waals surface area (Å²) in [5.41, 5.74) is 2.48. The number of rotatable bonds is 9. The Morgan fingerprint density at radius 3 is 2.38 bits per heavy atom. The van der Waals surface area contributed by atoms with E-state index in [1.54, 1.807) is 30.3 Å². The van der Waals surface area contributed by atoms with Crippen molar-refractivity contribution in [2.24, 2.45) is 0 Å². The highest BCUT2D eigenvalue weighted by Crippen LogP contribution is 2.28. The van der Waals surface area contributed by atoms with Gasteiger partial charge in [-0.1, -0.05) is 37.6 Å². The van der Waals surface area contributed by atoms with Crippen LogP contribution >= 0.6 is 11.6 Å². The van der Waals surface area contributed by atoms with Crippen molar-refractivity contribution in [1.82, 2.24) is 10.2 Å². The minimum absolute atomic E-state index is 0.119. The molecule has 32 heavy (non-hydrogen) atoms. The summed E-state index contributed by atoms with van der Waals surface area (Å²) in [6.45, 7) is 9.40. The van der Waals surface area contributed by atoms with Gasteiger partial charge < -0.3 is 20.4 Å². The Kier molecular flexibility index (Phi) is 8.94. The van der Waals surface area contributed by atoms with Crippen LogP contribution < -0.4 is 15.5 Å². The van der Waals surface area contributed by atoms with Gasteiger partial charge in [-0.05, 0) is 62.7 Å². The first-order valence-electron chi connectivity index (χ1n) is 11.5. The third kappa shape index (κ3) is 6.24. The van der Waals surface area contributed by atoms with Crippen molar-refractivity contribution in [3.63, 3.8) is 0 Å². The van der Waals surface area contributed by atoms with Crippen LogP contribution in [-0.2, 0) is 0 Å². The van der Waals surface area contributed by atoms with Crippen LogP contribution in [0.3, 0.4) is 0 Å². The Labute approximate surface area is 195 Å². The zero-order valence-electron chi connectivity index (χ0n) is 19.0. The highest BCUT2D eigenvalue weighted by molar-refractivity contribution is 6.34. The van der Waals surface area contributed by atoms with Crippen LogP contribution in [0.25, 0.3) is 0 Å². The molecule has 0 unspecified atom stereocenters. The summed E-state index contributed by atoms with van der Waals surface area (Å²) in [7, 11) is 0. The zero-order chi connectivity index (χ0) is 22.9. The number of nitrogens with zero attached hydrogens (tertiary/aromatic N) is 2. The maximum atomic E-state index is 13.1. The number of carbonyl (C=O) groups excluding carboxylic acids is 2. The highest BCUT2D eigenvalue weighted by atomic mass is 35.5. The Morgan fingerprint density at radius 1 is 0.969 bits per heavy atom. The van der Waals surface area contributed by atoms with Gasteiger partial charge in [0.2, 0.25) is 0 Å². The smallest absolute Gasteiger partial charge is 0.257 e. The van der Waals surface area contributed by atoms with E-state index in [0.717, 1.165) is 51.3 Å². The van der Waals surface area contributed by atoms with Gasteiger partial charge in [-0.3, -0.25) is 9.59 Å². The summed E-state index contributed by atoms with van der Waals surface area (Å²) in [6.07, 6.45) is 3.45. The predicted molar refractivity (Wildman–Crippen MR) is 132 cm³/mol. The number of carbonyl (C=O) groups is 2. The average Bonchev–Trinajstić information content (AvgIpc) is 2.82. The summed E-state index contributed by atoms with van der Waals surface area (Å²) in [4.78, 5) is 30.4. The van der Waals surface area contributed by atoms with E-state index in [4.69, 9.17) is 11.6 Å². The van der Waals surface area contributed by atoms with E-state index in [2.05, 4.69) is 34.3 Å². The first-order chi connectivity index (χ1) is 15.5. The van der Waals surface area contributed by atoms with Crippen LogP contribution in [0.15, 0.2) is 42.5 Å². The molecule has 1 heterocycles. The third-order valence-corrected chi connectivity index (χ3v) is 6.25. The fraction of sp³-hybridized carbons (Fsp3) is 0.440. The summed E-state index contributed by atoms with van der Waals surface area (Å²) >= 11 is 6.16. The molecule has 2 aromatic carbocycles. The van der Waals surface area contributed by atoms with Gasteiger partial charge in [-0.25, -0.2) is 0 Å². The molecule has 2 amide bonds. The fourth-order valence-corrected chi connectivity index (χ4v) is 4.23. The number of nitrogens with one attached hydrogen (secondary N) is 2. The molecule has 2 aromatic rings. The molecule has 0 aliphatic carbocycles. The van der Waals surface area contributed by atoms with Gasteiger partial charge in [0.15, 0.2) is 0 Å². The van der Waals surface area contributed by atoms with Gasteiger partial charge in [0.25, 0.3) is 11.8 Å². The van der Waals surface area contributed by atoms with Crippen LogP contribution in [0.1, 0.15) is 53.8 Å². The molecule has 0 radical (unpaired) electrons. The van der Waals surface area contributed by atoms with Gasteiger partial charge in [-0.15, -0.1) is 0 Å². The van der Waals surface area contributed by atoms with Crippen molar-refractivity contribution in [1.29, 1.82) is 0 Å². The lowest BCUT2D eigenvalue weighted by Crippen LogP contribution is -2.36. The molecule has 1 saturated heterocycles. The van der Waals surface area contributed by atoms with E-state index in [1.807, 2.05) is 12.1 Å². The largest absolute Gasteiger partial charge is 0.371 e. The normalized spacial score (nSPS) is 13.8. The quantitative estimate of drug-likeness (QED) is 0.576. The van der Waals surface area contributed by atoms with Crippen molar-refractivity contribution < 1.29 is 9.59 Å². The van der Waals surface area contributed by atoms with E-state index in [-0.39, 0.29) is 11.8 Å². The number of anilines is 2. The van der Waals surface area contributed by atoms with Crippen molar-refractivity contribution in [2.45, 2.75) is 33.1 Å². The molecule has 7 heteroatoms. The molecule has 0 spiro atoms. The molecule has 172 valence electrons. The van der Waals surface area contributed by atoms with Gasteiger partial charge >= 0.3 is 0 Å². The number of benzene rings is 2. The van der Waals surface area contributed by atoms with Gasteiger partial charge in [0.05, 0.1) is 16.1 Å². The second-order valence-electron chi connectivity index (χ2n) is 8.00. The number of hydrogen-bond donors (Lipinski definition) is 2. The molecular weight excluding hydrogens is 424 g/mol. The van der Waals surface area contributed by atoms with Crippen LogP contribution in [0.2, 0.25) is 5.02 Å². The number of piperidine rings is 1. The standard InChI is InChI=1S/C25H33ClN4O2/c1-3-29(4-2)17-14-27-24(31)21-18-19(12-13-23(21)30-15-8-5-9-16-30)28-25(32)20-10-6-7-11-22(20)26/h6-7,10-13,18H,3-5,8-9,14-17H2,1-2H3,(H,27,31)(H,28,32). The molecule has 1 aliphatic heterocycles. The molecule has 0 aromatic heterocycles. The summed E-state index contributed by atoms with van der Waals surface area (Å²) in [6, 6.07) is 12.5. The molecule has 1 fully saturated rings. The number of hydrogen-bond acceptors (Lipinski definition) is 4. The van der Waals surface area contributed by atoms with E-state index < -0.39 is 0 Å². The first kappa shape index (κ1) is 24.1. The second-order valence-corrected chi connectivity index (χ2v) is 8.40. The molecule has 0 saturated carbocycles. The van der Waals surface area contributed by atoms with Crippen molar-refractivity contribution >= 4 is 34.8 Å². The number of halogens is 1. The minimum Gasteiger partial charge on any atom is -0.371 e. The van der Waals surface area contributed by atoms with Crippen molar-refractivity contribution in [2.75, 3.05) is 49.5 Å². The van der Waals surface area contributed by atoms with Crippen molar-refractivity contribution in [3.05, 3.63) is 58.6 Å². The van der Waals surface area contributed by atoms with E-state index >= 15 is 0 Å². The minimum atomic E-state index is -0.297. The molecule has 0 bridgehead atoms. The molecule has 0 atom stereocenters. The molecule has 6 nitrogen and oxygen atoms in total. The third-order valence-electron chi connectivity index (χ3n) is 5.92. The summed E-state index contributed by atoms with van der Waals surface area (Å²) in [5, 5.41) is 6.34. The summed E-state index contributed by atoms with van der Waals surface area (Å²) in [5.74, 6) is -0.416. The number of amides is 2. The second kappa shape index (κ2) is 11.9. The topological polar surface area (TPSA) is 64.7 Å². The average molecular weight is 457 g/mol. The lowest BCUT2D eigenvalue weighted by Gasteiger charge is -2.30. The summed E-state index contributed by atoms with van der Waals surface area (Å²) < 4.78 is 0. The van der Waals surface area contributed by atoms with Gasteiger partial charge in [0.1, 0.15) is 0 Å². The lowest BCUT2D eigenvalue weighted by molar-refractivity contribution is 0.0948. The predicted octanol–water partition coefficient (Wildman–Crippen LogP) is 4.65. The highest BCUT2D eigenvalue weighted by Gasteiger charge is 2.20. The van der Waals surface area contributed by atoms with Crippen LogP contribution in [0, 0.1) is 0 Å². The van der Waals surface area contributed by atoms with Crippen molar-refractivity contribution in [3.8, 4) is 0 Å². The Hall–Kier alpha value is -2.57. The van der Waals surface area contributed by atoms with Gasteiger partial charge in [0, 0.05) is 37.6 Å². The Morgan fingerprint density at radius 2 is 1.69 bits per heavy atom. The van der Waals surface area contributed by atoms with E-state index in [1.165, 1.54) is 6.42 Å². The fourth-order valence-electron chi connectivity index (χ4n) is 4.01. The molecule has 2 N–H and O–H groups in total. The lowest BCUT2D eigenvalue weighted by atomic mass is 10.1. The molecule has 3 rings (SSSR count). The van der Waals surface area contributed by atoms with Crippen LogP contribution in [0.5, 0.6) is 0 Å². The molecule has 1 aliphatic rings. The van der Waals surface area contributed by atoms with E-state index in [9.17, 15) is 9.59 Å². The number of likely N-dealkylation sites (N-methyl/N-ethyl adjacent to an activating group) is 1. The van der Waals surface area contributed by atoms with Crippen LogP contribution in [0.4, 0.5) is 11.4 Å². The monoisotopic (exact) mass is 456 g/mol. The first-order valence-corrected chi connectivity index (χ1v) is 11.9. The molecular formula is C25H33ClN4O2. The van der Waals surface area contributed by atoms with Gasteiger partial charge in [-0.2, -0.15) is 0 Å².